The third-order valence-corrected chi connectivity index (χ3v) is 3.16. The molecule has 0 spiro atoms. The third kappa shape index (κ3) is 1.39. The maximum absolute atomic E-state index is 11.2. The van der Waals surface area contributed by atoms with Gasteiger partial charge in [-0.3, -0.25) is 0 Å². The topological polar surface area (TPSA) is 26.3 Å². The Balaban J connectivity index is 2.39. The number of carbonyl (C=O) groups is 1. The average Bonchev–Trinajstić information content (AvgIpc) is 2.47. The van der Waals surface area contributed by atoms with Crippen LogP contribution in [0, 0.1) is 11.8 Å². The highest BCUT2D eigenvalue weighted by atomic mass is 16.5. The molecular weight excluding hydrogens is 176 g/mol. The lowest BCUT2D eigenvalue weighted by atomic mass is 9.78. The minimum absolute atomic E-state index is 0.193. The lowest BCUT2D eigenvalue weighted by Gasteiger charge is -2.27. The molecule has 0 saturated heterocycles. The number of esters is 1. The highest BCUT2D eigenvalue weighted by Crippen LogP contribution is 2.41. The second-order valence-electron chi connectivity index (χ2n) is 4.52. The first-order valence-corrected chi connectivity index (χ1v) is 5.23. The van der Waals surface area contributed by atoms with E-state index in [4.69, 9.17) is 4.74 Å². The van der Waals surface area contributed by atoms with Crippen LogP contribution < -0.4 is 0 Å². The molecule has 0 amide bonds. The summed E-state index contributed by atoms with van der Waals surface area (Å²) in [5.74, 6) is 1.75. The van der Waals surface area contributed by atoms with Gasteiger partial charge in [-0.2, -0.15) is 0 Å². The Bertz CT molecular complexity index is 334. The molecule has 0 aromatic carbocycles. The van der Waals surface area contributed by atoms with E-state index in [-0.39, 0.29) is 5.97 Å². The normalized spacial score (nSPS) is 26.4. The lowest BCUT2D eigenvalue weighted by molar-refractivity contribution is -0.132. The molecule has 0 radical (unpaired) electrons. The predicted molar refractivity (Wildman–Crippen MR) is 54.4 cm³/mol. The van der Waals surface area contributed by atoms with Crippen LogP contribution in [0.15, 0.2) is 23.0 Å². The van der Waals surface area contributed by atoms with Gasteiger partial charge >= 0.3 is 5.97 Å². The second kappa shape index (κ2) is 3.26. The van der Waals surface area contributed by atoms with Crippen LogP contribution in [-0.2, 0) is 9.53 Å². The summed E-state index contributed by atoms with van der Waals surface area (Å²) in [5, 5.41) is 0. The molecule has 0 N–H and O–H groups in total. The number of allylic oxidation sites excluding steroid dienone is 2. The van der Waals surface area contributed by atoms with E-state index in [1.807, 2.05) is 0 Å². The summed E-state index contributed by atoms with van der Waals surface area (Å²) in [6.45, 7) is 6.46. The Morgan fingerprint density at radius 1 is 1.50 bits per heavy atom. The summed E-state index contributed by atoms with van der Waals surface area (Å²) in [6, 6.07) is 0. The molecule has 1 unspecified atom stereocenters. The van der Waals surface area contributed by atoms with Gasteiger partial charge in [-0.1, -0.05) is 13.8 Å². The first-order chi connectivity index (χ1) is 6.59. The van der Waals surface area contributed by atoms with Gasteiger partial charge in [-0.05, 0) is 37.2 Å². The fourth-order valence-electron chi connectivity index (χ4n) is 2.32. The lowest BCUT2D eigenvalue weighted by Crippen LogP contribution is -2.17. The van der Waals surface area contributed by atoms with E-state index in [0.29, 0.717) is 11.8 Å². The van der Waals surface area contributed by atoms with E-state index in [0.717, 1.165) is 24.2 Å². The summed E-state index contributed by atoms with van der Waals surface area (Å²) in [7, 11) is 0. The molecule has 0 bridgehead atoms. The number of ether oxygens (including phenoxy) is 1. The minimum Gasteiger partial charge on any atom is -0.423 e. The highest BCUT2D eigenvalue weighted by molar-refractivity contribution is 5.88. The van der Waals surface area contributed by atoms with Crippen molar-refractivity contribution in [2.75, 3.05) is 0 Å². The van der Waals surface area contributed by atoms with Crippen LogP contribution in [0.4, 0.5) is 0 Å². The zero-order valence-corrected chi connectivity index (χ0v) is 8.96. The predicted octanol–water partition coefficient (Wildman–Crippen LogP) is 2.81. The molecule has 1 aliphatic carbocycles. The molecular formula is C12H16O2. The fourth-order valence-corrected chi connectivity index (χ4v) is 2.32. The van der Waals surface area contributed by atoms with Gasteiger partial charge in [0.25, 0.3) is 0 Å². The van der Waals surface area contributed by atoms with E-state index in [2.05, 4.69) is 20.8 Å². The van der Waals surface area contributed by atoms with Gasteiger partial charge in [0.05, 0.1) is 0 Å². The standard InChI is InChI=1S/C12H16O2/c1-7(2)9-5-4-8(3)12-10(9)6-11(13)14-12/h6-7,9H,4-5H2,1-3H3. The van der Waals surface area contributed by atoms with Crippen molar-refractivity contribution in [3.63, 3.8) is 0 Å². The van der Waals surface area contributed by atoms with Crippen molar-refractivity contribution in [3.05, 3.63) is 23.0 Å². The summed E-state index contributed by atoms with van der Waals surface area (Å²) < 4.78 is 5.21. The summed E-state index contributed by atoms with van der Waals surface area (Å²) in [5.41, 5.74) is 2.35. The molecule has 0 saturated carbocycles. The summed E-state index contributed by atoms with van der Waals surface area (Å²) in [4.78, 5) is 11.2. The zero-order chi connectivity index (χ0) is 10.3. The maximum Gasteiger partial charge on any atom is 0.336 e. The largest absolute Gasteiger partial charge is 0.423 e. The number of hydrogen-bond acceptors (Lipinski definition) is 2. The van der Waals surface area contributed by atoms with Crippen molar-refractivity contribution in [1.29, 1.82) is 0 Å². The van der Waals surface area contributed by atoms with Crippen molar-refractivity contribution in [2.45, 2.75) is 33.6 Å². The number of carbonyl (C=O) groups excluding carboxylic acids is 1. The Morgan fingerprint density at radius 2 is 2.21 bits per heavy atom. The molecule has 1 atom stereocenters. The molecule has 2 heteroatoms. The smallest absolute Gasteiger partial charge is 0.336 e. The molecule has 76 valence electrons. The number of rotatable bonds is 1. The average molecular weight is 192 g/mol. The van der Waals surface area contributed by atoms with Gasteiger partial charge in [0.1, 0.15) is 5.76 Å². The molecule has 0 fully saturated rings. The first kappa shape index (κ1) is 9.50. The van der Waals surface area contributed by atoms with Crippen LogP contribution in [-0.4, -0.2) is 5.97 Å². The first-order valence-electron chi connectivity index (χ1n) is 5.23. The van der Waals surface area contributed by atoms with E-state index >= 15 is 0 Å². The van der Waals surface area contributed by atoms with Crippen molar-refractivity contribution in [1.82, 2.24) is 0 Å². The third-order valence-electron chi connectivity index (χ3n) is 3.16. The zero-order valence-electron chi connectivity index (χ0n) is 8.96. The molecule has 2 rings (SSSR count). The van der Waals surface area contributed by atoms with E-state index < -0.39 is 0 Å². The number of hydrogen-bond donors (Lipinski definition) is 0. The molecule has 14 heavy (non-hydrogen) atoms. The van der Waals surface area contributed by atoms with Crippen LogP contribution in [0.25, 0.3) is 0 Å². The van der Waals surface area contributed by atoms with Crippen LogP contribution in [0.1, 0.15) is 33.6 Å². The van der Waals surface area contributed by atoms with Gasteiger partial charge in [0.15, 0.2) is 0 Å². The van der Waals surface area contributed by atoms with Crippen molar-refractivity contribution < 1.29 is 9.53 Å². The van der Waals surface area contributed by atoms with Gasteiger partial charge in [-0.25, -0.2) is 4.79 Å². The van der Waals surface area contributed by atoms with Crippen LogP contribution in [0.5, 0.6) is 0 Å². The Hall–Kier alpha value is -1.05. The van der Waals surface area contributed by atoms with E-state index in [1.54, 1.807) is 6.08 Å². The maximum atomic E-state index is 11.2. The van der Waals surface area contributed by atoms with Crippen LogP contribution >= 0.6 is 0 Å². The van der Waals surface area contributed by atoms with Crippen molar-refractivity contribution >= 4 is 5.97 Å². The summed E-state index contributed by atoms with van der Waals surface area (Å²) in [6.07, 6.45) is 3.88. The van der Waals surface area contributed by atoms with Crippen molar-refractivity contribution in [3.8, 4) is 0 Å². The second-order valence-corrected chi connectivity index (χ2v) is 4.52. The Labute approximate surface area is 84.6 Å². The van der Waals surface area contributed by atoms with E-state index in [1.165, 1.54) is 5.57 Å². The van der Waals surface area contributed by atoms with Crippen LogP contribution in [0.3, 0.4) is 0 Å². The van der Waals surface area contributed by atoms with Crippen molar-refractivity contribution in [2.24, 2.45) is 11.8 Å². The minimum atomic E-state index is -0.193. The van der Waals surface area contributed by atoms with Gasteiger partial charge in [-0.15, -0.1) is 0 Å². The molecule has 2 aliphatic rings. The van der Waals surface area contributed by atoms with Crippen LogP contribution in [0.2, 0.25) is 0 Å². The Kier molecular flexibility index (Phi) is 2.22. The number of fused-ring (bicyclic) bond motifs is 1. The van der Waals surface area contributed by atoms with Gasteiger partial charge in [0.2, 0.25) is 0 Å². The molecule has 1 heterocycles. The van der Waals surface area contributed by atoms with Gasteiger partial charge in [0, 0.05) is 11.6 Å². The fraction of sp³-hybridized carbons (Fsp3) is 0.583. The SMILES string of the molecule is CC1=C2OC(=O)C=C2C(C(C)C)CC1. The molecule has 0 aromatic rings. The molecule has 2 nitrogen and oxygen atoms in total. The van der Waals surface area contributed by atoms with Gasteiger partial charge < -0.3 is 4.74 Å². The molecule has 0 aromatic heterocycles. The quantitative estimate of drug-likeness (QED) is 0.597. The van der Waals surface area contributed by atoms with E-state index in [9.17, 15) is 4.79 Å². The summed E-state index contributed by atoms with van der Waals surface area (Å²) >= 11 is 0. The molecule has 1 aliphatic heterocycles. The monoisotopic (exact) mass is 192 g/mol. The highest BCUT2D eigenvalue weighted by Gasteiger charge is 2.33. The Morgan fingerprint density at radius 3 is 2.86 bits per heavy atom.